The Morgan fingerprint density at radius 3 is 2.71 bits per heavy atom. The first kappa shape index (κ1) is 14.9. The van der Waals surface area contributed by atoms with Crippen LogP contribution in [-0.4, -0.2) is 51.2 Å². The fraction of sp³-hybridized carbons (Fsp3) is 1.00. The quantitative estimate of drug-likeness (QED) is 0.669. The van der Waals surface area contributed by atoms with Crippen LogP contribution < -0.4 is 5.32 Å². The summed E-state index contributed by atoms with van der Waals surface area (Å²) in [5, 5.41) is 3.44. The van der Waals surface area contributed by atoms with Gasteiger partial charge in [0, 0.05) is 19.8 Å². The molecule has 1 fully saturated rings. The Bertz CT molecular complexity index is 201. The second-order valence-corrected chi connectivity index (χ2v) is 4.68. The number of hydrogen-bond donors (Lipinski definition) is 1. The minimum absolute atomic E-state index is 0.139. The van der Waals surface area contributed by atoms with E-state index in [0.29, 0.717) is 12.6 Å². The topological polar surface area (TPSA) is 39.7 Å². The first-order chi connectivity index (χ1) is 8.22. The Labute approximate surface area is 105 Å². The van der Waals surface area contributed by atoms with Crippen molar-refractivity contribution in [2.45, 2.75) is 58.0 Å². The third kappa shape index (κ3) is 4.54. The van der Waals surface area contributed by atoms with E-state index in [1.165, 1.54) is 0 Å². The van der Waals surface area contributed by atoms with Crippen LogP contribution in [0, 0.1) is 0 Å². The first-order valence-corrected chi connectivity index (χ1v) is 6.72. The summed E-state index contributed by atoms with van der Waals surface area (Å²) in [6, 6.07) is 0.450. The lowest BCUT2D eigenvalue weighted by Gasteiger charge is -2.45. The molecule has 4 heteroatoms. The predicted molar refractivity (Wildman–Crippen MR) is 68.3 cm³/mol. The van der Waals surface area contributed by atoms with Crippen molar-refractivity contribution >= 4 is 0 Å². The van der Waals surface area contributed by atoms with E-state index in [2.05, 4.69) is 19.2 Å². The van der Waals surface area contributed by atoms with Gasteiger partial charge in [0.05, 0.1) is 24.9 Å². The van der Waals surface area contributed by atoms with Crippen molar-refractivity contribution in [3.63, 3.8) is 0 Å². The minimum atomic E-state index is 0.139. The largest absolute Gasteiger partial charge is 0.382 e. The number of nitrogens with one attached hydrogen (secondary N) is 1. The number of ether oxygens (including phenoxy) is 3. The van der Waals surface area contributed by atoms with Gasteiger partial charge in [-0.15, -0.1) is 0 Å². The highest BCUT2D eigenvalue weighted by atomic mass is 16.6. The van der Waals surface area contributed by atoms with E-state index in [9.17, 15) is 0 Å². The Morgan fingerprint density at radius 1 is 1.35 bits per heavy atom. The SMILES string of the molecule is CCCOC1C(NCC)CC1OC(C)COC. The Balaban J connectivity index is 2.33. The number of likely N-dealkylation sites (N-methyl/N-ethyl adjacent to an activating group) is 1. The zero-order valence-electron chi connectivity index (χ0n) is 11.6. The monoisotopic (exact) mass is 245 g/mol. The maximum Gasteiger partial charge on any atom is 0.0990 e. The molecule has 0 aromatic carbocycles. The fourth-order valence-corrected chi connectivity index (χ4v) is 2.23. The van der Waals surface area contributed by atoms with Gasteiger partial charge in [-0.05, 0) is 26.3 Å². The van der Waals surface area contributed by atoms with Gasteiger partial charge in [0.25, 0.3) is 0 Å². The van der Waals surface area contributed by atoms with E-state index in [0.717, 1.165) is 26.0 Å². The summed E-state index contributed by atoms with van der Waals surface area (Å²) in [4.78, 5) is 0. The van der Waals surface area contributed by atoms with Crippen molar-refractivity contribution < 1.29 is 14.2 Å². The van der Waals surface area contributed by atoms with E-state index in [-0.39, 0.29) is 18.3 Å². The summed E-state index contributed by atoms with van der Waals surface area (Å²) in [7, 11) is 1.70. The molecule has 0 aromatic heterocycles. The van der Waals surface area contributed by atoms with Crippen LogP contribution in [0.1, 0.15) is 33.6 Å². The van der Waals surface area contributed by atoms with Crippen molar-refractivity contribution in [3.05, 3.63) is 0 Å². The van der Waals surface area contributed by atoms with Crippen molar-refractivity contribution in [1.29, 1.82) is 0 Å². The van der Waals surface area contributed by atoms with Crippen molar-refractivity contribution in [2.75, 3.05) is 26.9 Å². The third-order valence-corrected chi connectivity index (χ3v) is 3.04. The molecule has 0 aromatic rings. The van der Waals surface area contributed by atoms with Gasteiger partial charge >= 0.3 is 0 Å². The average Bonchev–Trinajstić information content (AvgIpc) is 2.28. The van der Waals surface area contributed by atoms with Crippen molar-refractivity contribution in [1.82, 2.24) is 5.32 Å². The molecule has 1 aliphatic rings. The van der Waals surface area contributed by atoms with Gasteiger partial charge in [0.1, 0.15) is 0 Å². The maximum atomic E-state index is 5.92. The molecular formula is C13H27NO3. The lowest BCUT2D eigenvalue weighted by Crippen LogP contribution is -2.60. The summed E-state index contributed by atoms with van der Waals surface area (Å²) >= 11 is 0. The Kier molecular flexibility index (Phi) is 7.04. The average molecular weight is 245 g/mol. The summed E-state index contributed by atoms with van der Waals surface area (Å²) in [5.74, 6) is 0. The van der Waals surface area contributed by atoms with Crippen LogP contribution in [-0.2, 0) is 14.2 Å². The molecule has 102 valence electrons. The number of rotatable bonds is 9. The molecule has 0 bridgehead atoms. The highest BCUT2D eigenvalue weighted by Gasteiger charge is 2.42. The second-order valence-electron chi connectivity index (χ2n) is 4.68. The van der Waals surface area contributed by atoms with Crippen LogP contribution in [0.3, 0.4) is 0 Å². The van der Waals surface area contributed by atoms with Gasteiger partial charge in [0.2, 0.25) is 0 Å². The third-order valence-electron chi connectivity index (χ3n) is 3.04. The zero-order valence-corrected chi connectivity index (χ0v) is 11.6. The molecule has 1 rings (SSSR count). The van der Waals surface area contributed by atoms with Gasteiger partial charge < -0.3 is 19.5 Å². The Morgan fingerprint density at radius 2 is 2.12 bits per heavy atom. The van der Waals surface area contributed by atoms with E-state index in [4.69, 9.17) is 14.2 Å². The van der Waals surface area contributed by atoms with Crippen LogP contribution in [0.2, 0.25) is 0 Å². The van der Waals surface area contributed by atoms with E-state index < -0.39 is 0 Å². The van der Waals surface area contributed by atoms with Gasteiger partial charge in [-0.3, -0.25) is 0 Å². The normalized spacial score (nSPS) is 30.0. The van der Waals surface area contributed by atoms with Crippen molar-refractivity contribution in [2.24, 2.45) is 0 Å². The van der Waals surface area contributed by atoms with Crippen molar-refractivity contribution in [3.8, 4) is 0 Å². The number of hydrogen-bond acceptors (Lipinski definition) is 4. The molecule has 0 radical (unpaired) electrons. The van der Waals surface area contributed by atoms with E-state index in [1.807, 2.05) is 6.92 Å². The second kappa shape index (κ2) is 8.03. The molecular weight excluding hydrogens is 218 g/mol. The predicted octanol–water partition coefficient (Wildman–Crippen LogP) is 1.58. The molecule has 4 atom stereocenters. The minimum Gasteiger partial charge on any atom is -0.382 e. The molecule has 17 heavy (non-hydrogen) atoms. The highest BCUT2D eigenvalue weighted by molar-refractivity contribution is 4.97. The highest BCUT2D eigenvalue weighted by Crippen LogP contribution is 2.28. The van der Waals surface area contributed by atoms with E-state index in [1.54, 1.807) is 7.11 Å². The summed E-state index contributed by atoms with van der Waals surface area (Å²) < 4.78 is 16.9. The summed E-state index contributed by atoms with van der Waals surface area (Å²) in [5.41, 5.74) is 0. The summed E-state index contributed by atoms with van der Waals surface area (Å²) in [6.45, 7) is 8.73. The molecule has 0 spiro atoms. The molecule has 1 aliphatic carbocycles. The van der Waals surface area contributed by atoms with E-state index >= 15 is 0 Å². The number of methoxy groups -OCH3 is 1. The molecule has 4 nitrogen and oxygen atoms in total. The Hall–Kier alpha value is -0.160. The lowest BCUT2D eigenvalue weighted by atomic mass is 9.85. The van der Waals surface area contributed by atoms with Gasteiger partial charge in [-0.25, -0.2) is 0 Å². The molecule has 0 saturated heterocycles. The van der Waals surface area contributed by atoms with Gasteiger partial charge in [-0.1, -0.05) is 13.8 Å². The zero-order chi connectivity index (χ0) is 12.7. The van der Waals surface area contributed by atoms with Crippen LogP contribution in [0.5, 0.6) is 0 Å². The smallest absolute Gasteiger partial charge is 0.0990 e. The molecule has 4 unspecified atom stereocenters. The molecule has 0 heterocycles. The summed E-state index contributed by atoms with van der Waals surface area (Å²) in [6.07, 6.45) is 2.65. The van der Waals surface area contributed by atoms with Crippen LogP contribution >= 0.6 is 0 Å². The van der Waals surface area contributed by atoms with Gasteiger partial charge in [0.15, 0.2) is 0 Å². The molecule has 0 aliphatic heterocycles. The van der Waals surface area contributed by atoms with Gasteiger partial charge in [-0.2, -0.15) is 0 Å². The van der Waals surface area contributed by atoms with Crippen LogP contribution in [0.25, 0.3) is 0 Å². The standard InChI is InChI=1S/C13H27NO3/c1-5-7-16-13-11(14-6-2)8-12(13)17-10(3)9-15-4/h10-14H,5-9H2,1-4H3. The molecule has 1 saturated carbocycles. The first-order valence-electron chi connectivity index (χ1n) is 6.72. The lowest BCUT2D eigenvalue weighted by molar-refractivity contribution is -0.171. The molecule has 0 amide bonds. The fourth-order valence-electron chi connectivity index (χ4n) is 2.23. The molecule has 1 N–H and O–H groups in total. The van der Waals surface area contributed by atoms with Crippen LogP contribution in [0.15, 0.2) is 0 Å². The maximum absolute atomic E-state index is 5.92. The van der Waals surface area contributed by atoms with Crippen LogP contribution in [0.4, 0.5) is 0 Å².